The van der Waals surface area contributed by atoms with E-state index in [0.717, 1.165) is 25.9 Å². The van der Waals surface area contributed by atoms with Crippen LogP contribution in [0.3, 0.4) is 0 Å². The average molecular weight is 275 g/mol. The predicted molar refractivity (Wildman–Crippen MR) is 73.1 cm³/mol. The van der Waals surface area contributed by atoms with E-state index in [-0.39, 0.29) is 6.54 Å². The summed E-state index contributed by atoms with van der Waals surface area (Å²) in [5.41, 5.74) is -0.559. The maximum atomic E-state index is 12.5. The van der Waals surface area contributed by atoms with Crippen LogP contribution in [0.4, 0.5) is 12.9 Å². The van der Waals surface area contributed by atoms with Crippen molar-refractivity contribution in [3.05, 3.63) is 12.1 Å². The lowest BCUT2D eigenvalue weighted by Gasteiger charge is -2.41. The summed E-state index contributed by atoms with van der Waals surface area (Å²) in [6.45, 7) is 2.18. The molecule has 2 fully saturated rings. The van der Waals surface area contributed by atoms with Gasteiger partial charge in [-0.05, 0) is 58.4 Å². The predicted octanol–water partition coefficient (Wildman–Crippen LogP) is 2.88. The number of nitrogens with zero attached hydrogens (tertiary/aromatic N) is 2. The van der Waals surface area contributed by atoms with Crippen molar-refractivity contribution in [2.45, 2.75) is 38.1 Å². The summed E-state index contributed by atoms with van der Waals surface area (Å²) in [7, 11) is 0. The van der Waals surface area contributed by atoms with Gasteiger partial charge >= 0.3 is 6.98 Å². The Kier molecular flexibility index (Phi) is 4.95. The molecule has 0 aromatic heterocycles. The molecule has 0 aliphatic carbocycles. The summed E-state index contributed by atoms with van der Waals surface area (Å²) in [4.78, 5) is 4.43. The van der Waals surface area contributed by atoms with E-state index >= 15 is 0 Å². The first-order valence-corrected chi connectivity index (χ1v) is 7.31. The zero-order valence-electron chi connectivity index (χ0n) is 11.5. The quantitative estimate of drug-likeness (QED) is 0.728. The number of piperidine rings is 2. The van der Waals surface area contributed by atoms with Gasteiger partial charge in [0, 0.05) is 6.04 Å². The Morgan fingerprint density at radius 1 is 1.00 bits per heavy atom. The number of hydrogen-bond acceptors (Lipinski definition) is 2. The minimum Gasteiger partial charge on any atom is -0.445 e. The summed E-state index contributed by atoms with van der Waals surface area (Å²) in [5, 5.41) is 0. The SMILES string of the molecule is C=C(CN1CCC(N2CCCCC2)CC1)[B-](F)(F)F. The summed E-state index contributed by atoms with van der Waals surface area (Å²) >= 11 is 0. The highest BCUT2D eigenvalue weighted by molar-refractivity contribution is 6.66. The summed E-state index contributed by atoms with van der Waals surface area (Å²) in [6.07, 6.45) is 5.86. The van der Waals surface area contributed by atoms with Crippen LogP contribution in [0.1, 0.15) is 32.1 Å². The van der Waals surface area contributed by atoms with Gasteiger partial charge in [0.2, 0.25) is 0 Å². The van der Waals surface area contributed by atoms with E-state index in [2.05, 4.69) is 11.5 Å². The monoisotopic (exact) mass is 275 g/mol. The third-order valence-corrected chi connectivity index (χ3v) is 4.35. The molecule has 0 bridgehead atoms. The van der Waals surface area contributed by atoms with Crippen LogP contribution in [-0.2, 0) is 0 Å². The molecule has 0 atom stereocenters. The highest BCUT2D eigenvalue weighted by Crippen LogP contribution is 2.23. The molecule has 110 valence electrons. The van der Waals surface area contributed by atoms with Crippen molar-refractivity contribution >= 4 is 6.98 Å². The Hall–Kier alpha value is -0.485. The number of halogens is 3. The Morgan fingerprint density at radius 2 is 1.58 bits per heavy atom. The average Bonchev–Trinajstić information content (AvgIpc) is 2.39. The van der Waals surface area contributed by atoms with Gasteiger partial charge in [0.05, 0.1) is 0 Å². The lowest BCUT2D eigenvalue weighted by molar-refractivity contribution is 0.0966. The zero-order valence-corrected chi connectivity index (χ0v) is 11.5. The van der Waals surface area contributed by atoms with Crippen LogP contribution in [0.5, 0.6) is 0 Å². The van der Waals surface area contributed by atoms with Crippen LogP contribution in [-0.4, -0.2) is 55.5 Å². The van der Waals surface area contributed by atoms with Crippen LogP contribution in [0.2, 0.25) is 0 Å². The normalized spacial score (nSPS) is 24.6. The Morgan fingerprint density at radius 3 is 2.11 bits per heavy atom. The molecular weight excluding hydrogens is 252 g/mol. The molecule has 19 heavy (non-hydrogen) atoms. The van der Waals surface area contributed by atoms with Crippen molar-refractivity contribution in [3.8, 4) is 0 Å². The first-order valence-electron chi connectivity index (χ1n) is 7.31. The van der Waals surface area contributed by atoms with E-state index in [9.17, 15) is 12.9 Å². The number of hydrogen-bond donors (Lipinski definition) is 0. The van der Waals surface area contributed by atoms with Gasteiger partial charge in [-0.25, -0.2) is 0 Å². The summed E-state index contributed by atoms with van der Waals surface area (Å²) < 4.78 is 37.5. The molecule has 2 aliphatic rings. The lowest BCUT2D eigenvalue weighted by atomic mass is 9.80. The van der Waals surface area contributed by atoms with E-state index < -0.39 is 12.4 Å². The standard InChI is InChI=1S/C13H23BF3N2/c1-12(14(15,16)17)11-18-9-5-13(6-10-18)19-7-3-2-4-8-19/h13H,1-11H2/q-1. The van der Waals surface area contributed by atoms with Crippen molar-refractivity contribution in [3.63, 3.8) is 0 Å². The smallest absolute Gasteiger partial charge is 0.445 e. The second-order valence-corrected chi connectivity index (χ2v) is 5.84. The Bertz CT molecular complexity index is 306. The molecule has 6 heteroatoms. The second kappa shape index (κ2) is 6.31. The van der Waals surface area contributed by atoms with Crippen LogP contribution < -0.4 is 0 Å². The van der Waals surface area contributed by atoms with E-state index in [1.165, 1.54) is 32.4 Å². The molecule has 0 N–H and O–H groups in total. The van der Waals surface area contributed by atoms with Crippen LogP contribution in [0, 0.1) is 0 Å². The molecule has 2 heterocycles. The molecule has 0 aromatic carbocycles. The molecule has 0 saturated carbocycles. The maximum Gasteiger partial charge on any atom is 0.506 e. The van der Waals surface area contributed by atoms with Gasteiger partial charge < -0.3 is 22.7 Å². The molecule has 2 rings (SSSR count). The van der Waals surface area contributed by atoms with Crippen LogP contribution in [0.15, 0.2) is 12.1 Å². The second-order valence-electron chi connectivity index (χ2n) is 5.84. The molecular formula is C13H23BF3N2-. The fourth-order valence-corrected chi connectivity index (χ4v) is 3.12. The Balaban J connectivity index is 1.74. The van der Waals surface area contributed by atoms with Gasteiger partial charge in [-0.3, -0.25) is 0 Å². The molecule has 0 amide bonds. The fraction of sp³-hybridized carbons (Fsp3) is 0.846. The molecule has 2 nitrogen and oxygen atoms in total. The van der Waals surface area contributed by atoms with Crippen molar-refractivity contribution in [1.82, 2.24) is 9.80 Å². The van der Waals surface area contributed by atoms with E-state index in [0.29, 0.717) is 6.04 Å². The molecule has 0 radical (unpaired) electrons. The summed E-state index contributed by atoms with van der Waals surface area (Å²) in [6, 6.07) is 0.584. The topological polar surface area (TPSA) is 6.48 Å². The number of rotatable bonds is 4. The van der Waals surface area contributed by atoms with Gasteiger partial charge in [-0.2, -0.15) is 0 Å². The van der Waals surface area contributed by atoms with E-state index in [1.807, 2.05) is 4.90 Å². The molecule has 2 saturated heterocycles. The van der Waals surface area contributed by atoms with E-state index in [4.69, 9.17) is 0 Å². The fourth-order valence-electron chi connectivity index (χ4n) is 3.12. The van der Waals surface area contributed by atoms with Crippen molar-refractivity contribution < 1.29 is 12.9 Å². The lowest BCUT2D eigenvalue weighted by Crippen LogP contribution is -2.47. The van der Waals surface area contributed by atoms with Gasteiger partial charge in [-0.15, -0.1) is 12.1 Å². The van der Waals surface area contributed by atoms with Gasteiger partial charge in [0.1, 0.15) is 0 Å². The Labute approximate surface area is 113 Å². The van der Waals surface area contributed by atoms with Crippen molar-refractivity contribution in [1.29, 1.82) is 0 Å². The molecule has 0 unspecified atom stereocenters. The van der Waals surface area contributed by atoms with Crippen LogP contribution in [0.25, 0.3) is 0 Å². The third kappa shape index (κ3) is 4.24. The molecule has 0 spiro atoms. The largest absolute Gasteiger partial charge is 0.506 e. The van der Waals surface area contributed by atoms with Crippen LogP contribution >= 0.6 is 0 Å². The molecule has 2 aliphatic heterocycles. The zero-order chi connectivity index (χ0) is 13.9. The minimum atomic E-state index is -4.87. The molecule has 0 aromatic rings. The maximum absolute atomic E-state index is 12.5. The van der Waals surface area contributed by atoms with Gasteiger partial charge in [-0.1, -0.05) is 6.42 Å². The minimum absolute atomic E-state index is 0.00375. The third-order valence-electron chi connectivity index (χ3n) is 4.35. The van der Waals surface area contributed by atoms with Gasteiger partial charge in [0.25, 0.3) is 0 Å². The number of likely N-dealkylation sites (tertiary alicyclic amines) is 2. The van der Waals surface area contributed by atoms with E-state index in [1.54, 1.807) is 0 Å². The highest BCUT2D eigenvalue weighted by atomic mass is 19.4. The first kappa shape index (κ1) is 14.9. The van der Waals surface area contributed by atoms with Crippen molar-refractivity contribution in [2.75, 3.05) is 32.7 Å². The van der Waals surface area contributed by atoms with Crippen molar-refractivity contribution in [2.24, 2.45) is 0 Å². The highest BCUT2D eigenvalue weighted by Gasteiger charge is 2.30. The first-order chi connectivity index (χ1) is 8.97. The van der Waals surface area contributed by atoms with Gasteiger partial charge in [0.15, 0.2) is 0 Å². The summed E-state index contributed by atoms with van der Waals surface area (Å²) in [5.74, 6) is 0.